The van der Waals surface area contributed by atoms with E-state index in [1.807, 2.05) is 9.80 Å². The molecule has 0 aromatic heterocycles. The van der Waals surface area contributed by atoms with Crippen molar-refractivity contribution in [1.29, 1.82) is 0 Å². The van der Waals surface area contributed by atoms with Crippen molar-refractivity contribution >= 4 is 11.9 Å². The minimum Gasteiger partial charge on any atom is -0.393 e. The molecule has 162 valence electrons. The summed E-state index contributed by atoms with van der Waals surface area (Å²) in [7, 11) is 1.70. The molecule has 2 N–H and O–H groups in total. The Morgan fingerprint density at radius 3 is 2.45 bits per heavy atom. The zero-order valence-electron chi connectivity index (χ0n) is 17.5. The van der Waals surface area contributed by atoms with Gasteiger partial charge in [0.1, 0.15) is 0 Å². The van der Waals surface area contributed by atoms with Crippen LogP contribution < -0.4 is 5.32 Å². The molecule has 29 heavy (non-hydrogen) atoms. The summed E-state index contributed by atoms with van der Waals surface area (Å²) < 4.78 is 5.39. The molecule has 6 fully saturated rings. The second-order valence-electron chi connectivity index (χ2n) is 10.4. The summed E-state index contributed by atoms with van der Waals surface area (Å²) in [6.45, 7) is 2.79. The number of aliphatic hydroxyl groups excluding tert-OH is 1. The van der Waals surface area contributed by atoms with Crippen molar-refractivity contribution in [2.75, 3.05) is 33.3 Å². The zero-order chi connectivity index (χ0) is 20.2. The average Bonchev–Trinajstić information content (AvgIpc) is 3.20. The molecule has 0 aromatic carbocycles. The third-order valence-corrected chi connectivity index (χ3v) is 8.48. The number of nitrogens with zero attached hydrogens (tertiary/aromatic N) is 2. The van der Waals surface area contributed by atoms with Gasteiger partial charge in [0.2, 0.25) is 5.91 Å². The second-order valence-corrected chi connectivity index (χ2v) is 10.4. The van der Waals surface area contributed by atoms with Crippen LogP contribution in [0.2, 0.25) is 0 Å². The van der Waals surface area contributed by atoms with E-state index in [-0.39, 0.29) is 35.6 Å². The van der Waals surface area contributed by atoms with Crippen LogP contribution in [-0.2, 0) is 9.53 Å². The Bertz CT molecular complexity index is 654. The van der Waals surface area contributed by atoms with Gasteiger partial charge in [-0.15, -0.1) is 0 Å². The molecular formula is C22H35N3O4. The lowest BCUT2D eigenvalue weighted by Gasteiger charge is -2.58. The number of piperidine rings is 1. The number of ether oxygens (including phenoxy) is 1. The van der Waals surface area contributed by atoms with Gasteiger partial charge in [-0.2, -0.15) is 0 Å². The van der Waals surface area contributed by atoms with E-state index in [1.54, 1.807) is 7.11 Å². The van der Waals surface area contributed by atoms with E-state index in [2.05, 4.69) is 5.32 Å². The smallest absolute Gasteiger partial charge is 0.320 e. The highest BCUT2D eigenvalue weighted by atomic mass is 16.5. The number of amides is 3. The molecule has 6 rings (SSSR count). The number of rotatable bonds is 3. The molecular weight excluding hydrogens is 370 g/mol. The van der Waals surface area contributed by atoms with Crippen LogP contribution in [0.15, 0.2) is 0 Å². The van der Waals surface area contributed by atoms with E-state index in [0.29, 0.717) is 30.8 Å². The Morgan fingerprint density at radius 1 is 1.03 bits per heavy atom. The molecule has 3 amide bonds. The summed E-state index contributed by atoms with van der Waals surface area (Å²) >= 11 is 0. The molecule has 2 unspecified atom stereocenters. The lowest BCUT2D eigenvalue weighted by Crippen LogP contribution is -2.61. The molecule has 0 spiro atoms. The molecule has 2 aliphatic heterocycles. The molecule has 4 saturated carbocycles. The first kappa shape index (κ1) is 19.6. The topological polar surface area (TPSA) is 82.1 Å². The molecule has 0 aromatic rings. The van der Waals surface area contributed by atoms with Crippen LogP contribution in [0.1, 0.15) is 51.4 Å². The normalized spacial score (nSPS) is 43.7. The van der Waals surface area contributed by atoms with Crippen molar-refractivity contribution < 1.29 is 19.4 Å². The zero-order valence-corrected chi connectivity index (χ0v) is 17.5. The number of aliphatic hydroxyl groups is 1. The number of methoxy groups -OCH3 is 1. The van der Waals surface area contributed by atoms with E-state index in [0.717, 1.165) is 64.5 Å². The molecule has 4 bridgehead atoms. The standard InChI is InChI=1S/C22H35N3O4/c1-29-18-4-6-25(13-18)21(28)24-5-2-3-17(12-24)23-20(27)22-9-14-7-15(10-22)19(26)16(8-14)11-22/h14-19,26H,2-13H2,1H3,(H,23,27)/t14?,15?,16?,17-,18+,19?,22?/m0/s1. The number of hydrogen-bond donors (Lipinski definition) is 2. The van der Waals surface area contributed by atoms with Gasteiger partial charge < -0.3 is 25.0 Å². The largest absolute Gasteiger partial charge is 0.393 e. The fraction of sp³-hybridized carbons (Fsp3) is 0.909. The van der Waals surface area contributed by atoms with Crippen molar-refractivity contribution in [3.8, 4) is 0 Å². The Hall–Kier alpha value is -1.34. The lowest BCUT2D eigenvalue weighted by molar-refractivity contribution is -0.163. The van der Waals surface area contributed by atoms with Gasteiger partial charge in [0.05, 0.1) is 17.6 Å². The number of carbonyl (C=O) groups excluding carboxylic acids is 2. The van der Waals surface area contributed by atoms with Crippen molar-refractivity contribution in [2.45, 2.75) is 69.6 Å². The molecule has 4 aliphatic carbocycles. The highest BCUT2D eigenvalue weighted by Gasteiger charge is 2.58. The van der Waals surface area contributed by atoms with Gasteiger partial charge in [-0.1, -0.05) is 0 Å². The highest BCUT2D eigenvalue weighted by Crippen LogP contribution is 2.60. The summed E-state index contributed by atoms with van der Waals surface area (Å²) in [4.78, 5) is 30.1. The molecule has 4 atom stereocenters. The van der Waals surface area contributed by atoms with Crippen molar-refractivity contribution in [2.24, 2.45) is 23.2 Å². The summed E-state index contributed by atoms with van der Waals surface area (Å²) in [5.74, 6) is 1.40. The van der Waals surface area contributed by atoms with Crippen molar-refractivity contribution in [3.05, 3.63) is 0 Å². The Morgan fingerprint density at radius 2 is 1.76 bits per heavy atom. The summed E-state index contributed by atoms with van der Waals surface area (Å²) in [6.07, 6.45) is 7.56. The van der Waals surface area contributed by atoms with E-state index < -0.39 is 0 Å². The molecule has 2 heterocycles. The van der Waals surface area contributed by atoms with E-state index in [4.69, 9.17) is 4.74 Å². The van der Waals surface area contributed by atoms with Crippen molar-refractivity contribution in [1.82, 2.24) is 15.1 Å². The van der Waals surface area contributed by atoms with Crippen LogP contribution >= 0.6 is 0 Å². The van der Waals surface area contributed by atoms with Crippen LogP contribution in [-0.4, -0.2) is 78.4 Å². The fourth-order valence-corrected chi connectivity index (χ4v) is 7.18. The lowest BCUT2D eigenvalue weighted by atomic mass is 9.48. The maximum absolute atomic E-state index is 13.4. The maximum atomic E-state index is 13.4. The third kappa shape index (κ3) is 3.44. The Kier molecular flexibility index (Phi) is 5.01. The summed E-state index contributed by atoms with van der Waals surface area (Å²) in [5, 5.41) is 13.8. The van der Waals surface area contributed by atoms with Gasteiger partial charge >= 0.3 is 6.03 Å². The van der Waals surface area contributed by atoms with Crippen LogP contribution in [0.4, 0.5) is 4.79 Å². The highest BCUT2D eigenvalue weighted by molar-refractivity contribution is 5.83. The first-order valence-corrected chi connectivity index (χ1v) is 11.5. The van der Waals surface area contributed by atoms with Crippen molar-refractivity contribution in [3.63, 3.8) is 0 Å². The van der Waals surface area contributed by atoms with Crippen LogP contribution in [0.3, 0.4) is 0 Å². The number of likely N-dealkylation sites (tertiary alicyclic amines) is 2. The van der Waals surface area contributed by atoms with Gasteiger partial charge in [-0.3, -0.25) is 4.79 Å². The van der Waals surface area contributed by atoms with Crippen LogP contribution in [0.25, 0.3) is 0 Å². The minimum absolute atomic E-state index is 0.0407. The van der Waals surface area contributed by atoms with E-state index in [1.165, 1.54) is 0 Å². The van der Waals surface area contributed by atoms with Gasteiger partial charge in [-0.25, -0.2) is 4.79 Å². The van der Waals surface area contributed by atoms with Gasteiger partial charge in [0.15, 0.2) is 0 Å². The monoisotopic (exact) mass is 405 g/mol. The van der Waals surface area contributed by atoms with Gasteiger partial charge in [0.25, 0.3) is 0 Å². The SMILES string of the molecule is CO[C@@H]1CCN(C(=O)N2CCC[C@H](NC(=O)C34CC5CC(C3)C(O)C(C5)C4)C2)C1. The predicted molar refractivity (Wildman–Crippen MR) is 107 cm³/mol. The molecule has 0 radical (unpaired) electrons. The number of nitrogens with one attached hydrogen (secondary N) is 1. The predicted octanol–water partition coefficient (Wildman–Crippen LogP) is 1.59. The number of carbonyl (C=O) groups is 2. The van der Waals surface area contributed by atoms with Crippen LogP contribution in [0.5, 0.6) is 0 Å². The summed E-state index contributed by atoms with van der Waals surface area (Å²) in [6, 6.07) is 0.125. The second kappa shape index (κ2) is 7.41. The van der Waals surface area contributed by atoms with Crippen LogP contribution in [0, 0.1) is 23.2 Å². The first-order valence-electron chi connectivity index (χ1n) is 11.5. The van der Waals surface area contributed by atoms with E-state index in [9.17, 15) is 14.7 Å². The maximum Gasteiger partial charge on any atom is 0.320 e. The Balaban J connectivity index is 1.20. The average molecular weight is 406 g/mol. The third-order valence-electron chi connectivity index (χ3n) is 8.48. The van der Waals surface area contributed by atoms with Gasteiger partial charge in [0, 0.05) is 39.3 Å². The Labute approximate surface area is 173 Å². The van der Waals surface area contributed by atoms with E-state index >= 15 is 0 Å². The molecule has 6 aliphatic rings. The fourth-order valence-electron chi connectivity index (χ4n) is 7.18. The molecule has 7 nitrogen and oxygen atoms in total. The number of urea groups is 1. The quantitative estimate of drug-likeness (QED) is 0.747. The molecule has 7 heteroatoms. The number of hydrogen-bond acceptors (Lipinski definition) is 4. The minimum atomic E-state index is -0.275. The van der Waals surface area contributed by atoms with Gasteiger partial charge in [-0.05, 0) is 69.1 Å². The summed E-state index contributed by atoms with van der Waals surface area (Å²) in [5.41, 5.74) is -0.275. The first-order chi connectivity index (χ1) is 14.0. The molecule has 2 saturated heterocycles.